The largest absolute Gasteiger partial charge is 0.321 e. The molecular formula is C17H19ClFN. The van der Waals surface area contributed by atoms with Gasteiger partial charge in [0.2, 0.25) is 0 Å². The second-order valence-electron chi connectivity index (χ2n) is 5.15. The summed E-state index contributed by atoms with van der Waals surface area (Å²) in [5.74, 6) is -0.292. The van der Waals surface area contributed by atoms with Crippen LogP contribution in [0.4, 0.5) is 4.39 Å². The third-order valence-corrected chi connectivity index (χ3v) is 3.95. The third-order valence-electron chi connectivity index (χ3n) is 3.60. The van der Waals surface area contributed by atoms with Gasteiger partial charge in [-0.3, -0.25) is 0 Å². The van der Waals surface area contributed by atoms with Gasteiger partial charge >= 0.3 is 0 Å². The van der Waals surface area contributed by atoms with Gasteiger partial charge in [0.05, 0.1) is 0 Å². The van der Waals surface area contributed by atoms with Crippen molar-refractivity contribution >= 4 is 11.6 Å². The molecule has 2 N–H and O–H groups in total. The van der Waals surface area contributed by atoms with Crippen LogP contribution in [0.25, 0.3) is 0 Å². The molecule has 0 aliphatic rings. The summed E-state index contributed by atoms with van der Waals surface area (Å²) in [4.78, 5) is 0. The lowest BCUT2D eigenvalue weighted by Gasteiger charge is -2.30. The highest BCUT2D eigenvalue weighted by Gasteiger charge is 2.28. The Morgan fingerprint density at radius 1 is 1.10 bits per heavy atom. The van der Waals surface area contributed by atoms with Crippen molar-refractivity contribution in [3.05, 3.63) is 70.5 Å². The summed E-state index contributed by atoms with van der Waals surface area (Å²) in [6, 6.07) is 14.6. The minimum atomic E-state index is -0.595. The van der Waals surface area contributed by atoms with Crippen molar-refractivity contribution in [3.8, 4) is 0 Å². The SMILES string of the molecule is CCCC(N)(Cc1c(F)cccc1Cl)c1ccccc1. The Morgan fingerprint density at radius 2 is 1.80 bits per heavy atom. The number of nitrogens with two attached hydrogens (primary N) is 1. The monoisotopic (exact) mass is 291 g/mol. The minimum absolute atomic E-state index is 0.292. The standard InChI is InChI=1S/C17H19ClFN/c1-2-11-17(20,13-7-4-3-5-8-13)12-14-15(18)9-6-10-16(14)19/h3-10H,2,11-12,20H2,1H3. The number of rotatable bonds is 5. The number of halogens is 2. The highest BCUT2D eigenvalue weighted by Crippen LogP contribution is 2.31. The first-order valence-electron chi connectivity index (χ1n) is 6.84. The van der Waals surface area contributed by atoms with Crippen LogP contribution in [-0.2, 0) is 12.0 Å². The topological polar surface area (TPSA) is 26.0 Å². The lowest BCUT2D eigenvalue weighted by molar-refractivity contribution is 0.394. The molecular weight excluding hydrogens is 273 g/mol. The van der Waals surface area contributed by atoms with Gasteiger partial charge in [-0.05, 0) is 30.5 Å². The number of hydrogen-bond acceptors (Lipinski definition) is 1. The van der Waals surface area contributed by atoms with E-state index in [1.54, 1.807) is 12.1 Å². The van der Waals surface area contributed by atoms with Crippen molar-refractivity contribution < 1.29 is 4.39 Å². The van der Waals surface area contributed by atoms with Crippen molar-refractivity contribution in [2.75, 3.05) is 0 Å². The summed E-state index contributed by atoms with van der Waals surface area (Å²) < 4.78 is 14.0. The average Bonchev–Trinajstić information content (AvgIpc) is 2.44. The second-order valence-corrected chi connectivity index (χ2v) is 5.56. The van der Waals surface area contributed by atoms with Crippen LogP contribution >= 0.6 is 11.6 Å². The molecule has 1 nitrogen and oxygen atoms in total. The normalized spacial score (nSPS) is 14.0. The number of hydrogen-bond donors (Lipinski definition) is 1. The average molecular weight is 292 g/mol. The molecule has 0 heterocycles. The van der Waals surface area contributed by atoms with Crippen LogP contribution in [0.1, 0.15) is 30.9 Å². The molecule has 0 spiro atoms. The minimum Gasteiger partial charge on any atom is -0.321 e. The van der Waals surface area contributed by atoms with E-state index in [1.165, 1.54) is 6.07 Å². The van der Waals surface area contributed by atoms with Gasteiger partial charge in [-0.1, -0.05) is 61.3 Å². The molecule has 0 saturated carbocycles. The highest BCUT2D eigenvalue weighted by molar-refractivity contribution is 6.31. The van der Waals surface area contributed by atoms with E-state index in [9.17, 15) is 4.39 Å². The molecule has 0 saturated heterocycles. The molecule has 2 aromatic carbocycles. The molecule has 0 aliphatic carbocycles. The van der Waals surface area contributed by atoms with Crippen LogP contribution in [0, 0.1) is 5.82 Å². The van der Waals surface area contributed by atoms with Crippen LogP contribution in [0.5, 0.6) is 0 Å². The maximum atomic E-state index is 14.0. The Kier molecular flexibility index (Phi) is 4.79. The summed E-state index contributed by atoms with van der Waals surface area (Å²) in [6.45, 7) is 2.08. The van der Waals surface area contributed by atoms with Crippen LogP contribution in [0.3, 0.4) is 0 Å². The molecule has 0 radical (unpaired) electrons. The van der Waals surface area contributed by atoms with Gasteiger partial charge < -0.3 is 5.73 Å². The Balaban J connectivity index is 2.40. The maximum Gasteiger partial charge on any atom is 0.127 e. The first-order valence-corrected chi connectivity index (χ1v) is 7.22. The van der Waals surface area contributed by atoms with Crippen LogP contribution in [-0.4, -0.2) is 0 Å². The zero-order valence-corrected chi connectivity index (χ0v) is 12.3. The van der Waals surface area contributed by atoms with Gasteiger partial charge in [0.25, 0.3) is 0 Å². The summed E-state index contributed by atoms with van der Waals surface area (Å²) in [6.07, 6.45) is 2.11. The van der Waals surface area contributed by atoms with Crippen LogP contribution in [0.15, 0.2) is 48.5 Å². The fraction of sp³-hybridized carbons (Fsp3) is 0.294. The van der Waals surface area contributed by atoms with Gasteiger partial charge in [0.1, 0.15) is 5.82 Å². The summed E-state index contributed by atoms with van der Waals surface area (Å²) >= 11 is 6.13. The summed E-state index contributed by atoms with van der Waals surface area (Å²) in [7, 11) is 0. The van der Waals surface area contributed by atoms with Gasteiger partial charge in [0, 0.05) is 16.1 Å². The molecule has 1 unspecified atom stereocenters. The van der Waals surface area contributed by atoms with E-state index in [2.05, 4.69) is 6.92 Å². The summed E-state index contributed by atoms with van der Waals surface area (Å²) in [5.41, 5.74) is 7.49. The molecule has 0 amide bonds. The zero-order chi connectivity index (χ0) is 14.6. The van der Waals surface area contributed by atoms with Gasteiger partial charge in [-0.2, -0.15) is 0 Å². The summed E-state index contributed by atoms with van der Waals surface area (Å²) in [5, 5.41) is 0.437. The molecule has 106 valence electrons. The van der Waals surface area contributed by atoms with Crippen LogP contribution < -0.4 is 5.73 Å². The molecule has 20 heavy (non-hydrogen) atoms. The van der Waals surface area contributed by atoms with E-state index in [4.69, 9.17) is 17.3 Å². The Morgan fingerprint density at radius 3 is 2.40 bits per heavy atom. The van der Waals surface area contributed by atoms with Crippen molar-refractivity contribution in [3.63, 3.8) is 0 Å². The second kappa shape index (κ2) is 6.38. The van der Waals surface area contributed by atoms with Crippen molar-refractivity contribution in [2.45, 2.75) is 31.7 Å². The first kappa shape index (κ1) is 15.0. The smallest absolute Gasteiger partial charge is 0.127 e. The van der Waals surface area contributed by atoms with Crippen molar-refractivity contribution in [1.82, 2.24) is 0 Å². The first-order chi connectivity index (χ1) is 9.57. The lowest BCUT2D eigenvalue weighted by Crippen LogP contribution is -2.39. The predicted molar refractivity (Wildman–Crippen MR) is 82.3 cm³/mol. The van der Waals surface area contributed by atoms with E-state index < -0.39 is 5.54 Å². The molecule has 2 rings (SSSR count). The molecule has 0 bridgehead atoms. The Bertz CT molecular complexity index is 550. The van der Waals surface area contributed by atoms with Crippen molar-refractivity contribution in [2.24, 2.45) is 5.73 Å². The van der Waals surface area contributed by atoms with Crippen molar-refractivity contribution in [1.29, 1.82) is 0 Å². The fourth-order valence-corrected chi connectivity index (χ4v) is 2.80. The van der Waals surface area contributed by atoms with E-state index in [0.717, 1.165) is 18.4 Å². The number of benzene rings is 2. The predicted octanol–water partition coefficient (Wildman–Crippen LogP) is 4.68. The van der Waals surface area contributed by atoms with Gasteiger partial charge in [0.15, 0.2) is 0 Å². The van der Waals surface area contributed by atoms with Gasteiger partial charge in [-0.15, -0.1) is 0 Å². The molecule has 2 aromatic rings. The van der Waals surface area contributed by atoms with E-state index in [1.807, 2.05) is 30.3 Å². The third kappa shape index (κ3) is 3.20. The Labute approximate surface area is 124 Å². The van der Waals surface area contributed by atoms with E-state index in [0.29, 0.717) is 17.0 Å². The molecule has 0 aliphatic heterocycles. The molecule has 3 heteroatoms. The quantitative estimate of drug-likeness (QED) is 0.851. The maximum absolute atomic E-state index is 14.0. The molecule has 0 fully saturated rings. The lowest BCUT2D eigenvalue weighted by atomic mass is 9.81. The van der Waals surface area contributed by atoms with Gasteiger partial charge in [-0.25, -0.2) is 4.39 Å². The molecule has 0 aromatic heterocycles. The molecule has 1 atom stereocenters. The zero-order valence-electron chi connectivity index (χ0n) is 11.6. The highest BCUT2D eigenvalue weighted by atomic mass is 35.5. The van der Waals surface area contributed by atoms with E-state index >= 15 is 0 Å². The fourth-order valence-electron chi connectivity index (χ4n) is 2.57. The van der Waals surface area contributed by atoms with E-state index in [-0.39, 0.29) is 5.82 Å². The Hall–Kier alpha value is -1.38. The van der Waals surface area contributed by atoms with Crippen LogP contribution in [0.2, 0.25) is 5.02 Å².